The second kappa shape index (κ2) is 4.58. The highest BCUT2D eigenvalue weighted by Gasteiger charge is 2.40. The Morgan fingerprint density at radius 3 is 2.69 bits per heavy atom. The molecule has 1 fully saturated rings. The van der Waals surface area contributed by atoms with Gasteiger partial charge in [-0.3, -0.25) is 9.69 Å². The molecule has 90 valence electrons. The maximum atomic E-state index is 11.8. The second-order valence-corrected chi connectivity index (χ2v) is 5.31. The highest BCUT2D eigenvalue weighted by molar-refractivity contribution is 5.75. The minimum Gasteiger partial charge on any atom is -0.468 e. The number of likely N-dealkylation sites (tertiary alicyclic amines) is 1. The van der Waals surface area contributed by atoms with E-state index in [9.17, 15) is 4.79 Å². The molecule has 2 rings (SSSR count). The topological polar surface area (TPSA) is 29.5 Å². The maximum absolute atomic E-state index is 11.8. The average molecular weight is 223 g/mol. The molecule has 1 heterocycles. The summed E-state index contributed by atoms with van der Waals surface area (Å²) in [5.74, 6) is 1.10. The fourth-order valence-electron chi connectivity index (χ4n) is 2.85. The number of esters is 1. The molecule has 1 saturated heterocycles. The van der Waals surface area contributed by atoms with Crippen LogP contribution < -0.4 is 0 Å². The van der Waals surface area contributed by atoms with Gasteiger partial charge in [-0.1, -0.05) is 26.0 Å². The van der Waals surface area contributed by atoms with E-state index in [1.54, 1.807) is 0 Å². The average Bonchev–Trinajstić information content (AvgIpc) is 2.86. The molecule has 3 nitrogen and oxygen atoms in total. The lowest BCUT2D eigenvalue weighted by Crippen LogP contribution is -2.45. The van der Waals surface area contributed by atoms with Gasteiger partial charge in [0.15, 0.2) is 0 Å². The van der Waals surface area contributed by atoms with Gasteiger partial charge in [-0.05, 0) is 24.7 Å². The molecule has 0 N–H and O–H groups in total. The van der Waals surface area contributed by atoms with Gasteiger partial charge in [0.05, 0.1) is 7.11 Å². The summed E-state index contributed by atoms with van der Waals surface area (Å²) < 4.78 is 4.93. The van der Waals surface area contributed by atoms with Gasteiger partial charge in [-0.2, -0.15) is 0 Å². The summed E-state index contributed by atoms with van der Waals surface area (Å²) in [4.78, 5) is 14.1. The van der Waals surface area contributed by atoms with Gasteiger partial charge in [0, 0.05) is 12.6 Å². The predicted molar refractivity (Wildman–Crippen MR) is 63.0 cm³/mol. The van der Waals surface area contributed by atoms with E-state index in [0.717, 1.165) is 13.0 Å². The first-order valence-corrected chi connectivity index (χ1v) is 6.13. The summed E-state index contributed by atoms with van der Waals surface area (Å²) in [7, 11) is 1.49. The number of nitrogens with zero attached hydrogens (tertiary/aromatic N) is 1. The van der Waals surface area contributed by atoms with Crippen molar-refractivity contribution in [2.75, 3.05) is 13.7 Å². The van der Waals surface area contributed by atoms with Crippen LogP contribution in [0.25, 0.3) is 0 Å². The smallest absolute Gasteiger partial charge is 0.323 e. The van der Waals surface area contributed by atoms with Crippen LogP contribution in [0.3, 0.4) is 0 Å². The van der Waals surface area contributed by atoms with Crippen molar-refractivity contribution in [3.05, 3.63) is 12.2 Å². The number of hydrogen-bond donors (Lipinski definition) is 0. The zero-order chi connectivity index (χ0) is 11.7. The molecule has 2 bridgehead atoms. The molecule has 0 spiro atoms. The fourth-order valence-corrected chi connectivity index (χ4v) is 2.85. The third-order valence-corrected chi connectivity index (χ3v) is 3.59. The van der Waals surface area contributed by atoms with Crippen molar-refractivity contribution in [3.8, 4) is 0 Å². The number of ether oxygens (including phenoxy) is 1. The van der Waals surface area contributed by atoms with Crippen molar-refractivity contribution in [2.45, 2.75) is 38.8 Å². The molecule has 3 atom stereocenters. The SMILES string of the molecule is COC(=O)C(CC(C)C)N1C[C@H]2C=C[C@@H]1C2. The molecule has 3 heteroatoms. The van der Waals surface area contributed by atoms with Crippen LogP contribution in [0, 0.1) is 11.8 Å². The zero-order valence-electron chi connectivity index (χ0n) is 10.3. The maximum Gasteiger partial charge on any atom is 0.323 e. The predicted octanol–water partition coefficient (Wildman–Crippen LogP) is 1.83. The van der Waals surface area contributed by atoms with E-state index in [4.69, 9.17) is 4.74 Å². The molecule has 1 unspecified atom stereocenters. The minimum absolute atomic E-state index is 0.0510. The monoisotopic (exact) mass is 223 g/mol. The molecule has 0 amide bonds. The van der Waals surface area contributed by atoms with E-state index in [1.165, 1.54) is 13.5 Å². The van der Waals surface area contributed by atoms with Crippen LogP contribution in [0.5, 0.6) is 0 Å². The molecule has 1 aliphatic heterocycles. The summed E-state index contributed by atoms with van der Waals surface area (Å²) in [6.07, 6.45) is 6.60. The van der Waals surface area contributed by atoms with Crippen LogP contribution in [-0.2, 0) is 9.53 Å². The summed E-state index contributed by atoms with van der Waals surface area (Å²) in [6.45, 7) is 5.33. The van der Waals surface area contributed by atoms with Gasteiger partial charge < -0.3 is 4.74 Å². The largest absolute Gasteiger partial charge is 0.468 e. The number of carbonyl (C=O) groups excluding carboxylic acids is 1. The van der Waals surface area contributed by atoms with E-state index in [2.05, 4.69) is 30.9 Å². The van der Waals surface area contributed by atoms with Crippen molar-refractivity contribution in [2.24, 2.45) is 11.8 Å². The first kappa shape index (κ1) is 11.6. The summed E-state index contributed by atoms with van der Waals surface area (Å²) >= 11 is 0. The van der Waals surface area contributed by atoms with Crippen LogP contribution in [-0.4, -0.2) is 36.6 Å². The Balaban J connectivity index is 2.07. The van der Waals surface area contributed by atoms with Crippen LogP contribution >= 0.6 is 0 Å². The van der Waals surface area contributed by atoms with Crippen molar-refractivity contribution in [3.63, 3.8) is 0 Å². The van der Waals surface area contributed by atoms with E-state index < -0.39 is 0 Å². The summed E-state index contributed by atoms with van der Waals surface area (Å²) in [5.41, 5.74) is 0. The number of carbonyl (C=O) groups is 1. The first-order valence-electron chi connectivity index (χ1n) is 6.13. The highest BCUT2D eigenvalue weighted by atomic mass is 16.5. The van der Waals surface area contributed by atoms with E-state index in [-0.39, 0.29) is 12.0 Å². The highest BCUT2D eigenvalue weighted by Crippen LogP contribution is 2.34. The number of methoxy groups -OCH3 is 1. The number of fused-ring (bicyclic) bond motifs is 2. The first-order chi connectivity index (χ1) is 7.61. The molecule has 0 aromatic carbocycles. The van der Waals surface area contributed by atoms with Crippen LogP contribution in [0.4, 0.5) is 0 Å². The Bertz CT molecular complexity index is 298. The second-order valence-electron chi connectivity index (χ2n) is 5.31. The van der Waals surface area contributed by atoms with Gasteiger partial charge >= 0.3 is 5.97 Å². The molecule has 1 aliphatic carbocycles. The molecule has 16 heavy (non-hydrogen) atoms. The van der Waals surface area contributed by atoms with E-state index in [0.29, 0.717) is 17.9 Å². The quantitative estimate of drug-likeness (QED) is 0.538. The third-order valence-electron chi connectivity index (χ3n) is 3.59. The molecule has 0 radical (unpaired) electrons. The molecular weight excluding hydrogens is 202 g/mol. The van der Waals surface area contributed by atoms with Gasteiger partial charge in [0.1, 0.15) is 6.04 Å². The number of rotatable bonds is 4. The van der Waals surface area contributed by atoms with Gasteiger partial charge in [-0.25, -0.2) is 0 Å². The Kier molecular flexibility index (Phi) is 3.33. The molecular formula is C13H21NO2. The van der Waals surface area contributed by atoms with Crippen LogP contribution in [0.1, 0.15) is 26.7 Å². The minimum atomic E-state index is -0.0744. The van der Waals surface area contributed by atoms with Crippen molar-refractivity contribution < 1.29 is 9.53 Å². The Hall–Kier alpha value is -0.830. The summed E-state index contributed by atoms with van der Waals surface area (Å²) in [6, 6.07) is 0.415. The molecule has 0 aromatic heterocycles. The Morgan fingerprint density at radius 2 is 2.25 bits per heavy atom. The van der Waals surface area contributed by atoms with E-state index >= 15 is 0 Å². The molecule has 0 aromatic rings. The van der Waals surface area contributed by atoms with Crippen LogP contribution in [0.15, 0.2) is 12.2 Å². The normalized spacial score (nSPS) is 30.0. The van der Waals surface area contributed by atoms with Crippen LogP contribution in [0.2, 0.25) is 0 Å². The standard InChI is InChI=1S/C13H21NO2/c1-9(2)6-12(13(15)16-3)14-8-10-4-5-11(14)7-10/h4-5,9-12H,6-8H2,1-3H3/t10-,11+,12?/m0/s1. The van der Waals surface area contributed by atoms with E-state index in [1.807, 2.05) is 0 Å². The molecule has 0 saturated carbocycles. The van der Waals surface area contributed by atoms with Crippen molar-refractivity contribution in [1.29, 1.82) is 0 Å². The summed E-state index contributed by atoms with van der Waals surface area (Å²) in [5, 5.41) is 0. The Labute approximate surface area is 97.5 Å². The van der Waals surface area contributed by atoms with Gasteiger partial charge in [-0.15, -0.1) is 0 Å². The third kappa shape index (κ3) is 2.14. The van der Waals surface area contributed by atoms with Crippen molar-refractivity contribution in [1.82, 2.24) is 4.90 Å². The lowest BCUT2D eigenvalue weighted by molar-refractivity contribution is -0.147. The lowest BCUT2D eigenvalue weighted by atomic mass is 10.0. The van der Waals surface area contributed by atoms with Crippen molar-refractivity contribution >= 4 is 5.97 Å². The van der Waals surface area contributed by atoms with Gasteiger partial charge in [0.25, 0.3) is 0 Å². The number of hydrogen-bond acceptors (Lipinski definition) is 3. The molecule has 2 aliphatic rings. The fraction of sp³-hybridized carbons (Fsp3) is 0.769. The Morgan fingerprint density at radius 1 is 1.50 bits per heavy atom. The van der Waals surface area contributed by atoms with Gasteiger partial charge in [0.2, 0.25) is 0 Å². The lowest BCUT2D eigenvalue weighted by Gasteiger charge is -2.31. The zero-order valence-corrected chi connectivity index (χ0v) is 10.3.